The van der Waals surface area contributed by atoms with Crippen molar-refractivity contribution in [3.05, 3.63) is 105 Å². The van der Waals surface area contributed by atoms with Crippen molar-refractivity contribution in [2.45, 2.75) is 120 Å². The Kier molecular flexibility index (Phi) is 14.9. The van der Waals surface area contributed by atoms with Crippen LogP contribution in [0.4, 0.5) is 28.2 Å². The molecule has 1 saturated carbocycles. The lowest BCUT2D eigenvalue weighted by Gasteiger charge is -2.49. The molecule has 5 amide bonds. The molecular weight excluding hydrogens is 1010 g/mol. The number of carbonyl (C=O) groups is 4. The van der Waals surface area contributed by atoms with Crippen molar-refractivity contribution < 1.29 is 51.3 Å². The molecule has 76 heavy (non-hydrogen) atoms. The standard InChI is InChI=1S/C56H63ClF4N8O7/c1-29-24-36(67-19-16-32(17-20-67)45-39(58)26-38-51(50(45)61)66(4)65-53(38)68-21-18-43(71)64-55(68)74)25-30(2)69(29)54(73)33-10-12-35(13-11-33)63-28-56(34-8-6-5-7-9-34)31(3)44-42(76-56)27-40(59)48(57)47(44)46-37(52(62)72)14-15-41(49(46)60)75-23-22-70/h5-9,14-15,26-27,29-33,35-36,63,70H,10-13,16-25,28H2,1-4H3,(H2,62,72)(H,64,71,74)/t29-,30+,31-,33?,35?,36?,56-/m0/s1. The summed E-state index contributed by atoms with van der Waals surface area (Å²) in [5.74, 6) is -5.64. The number of rotatable bonds is 13. The number of piperidine rings is 2. The van der Waals surface area contributed by atoms with Gasteiger partial charge in [0.2, 0.25) is 17.7 Å². The number of hydrogen-bond donors (Lipinski definition) is 4. The first-order valence-corrected chi connectivity index (χ1v) is 26.7. The van der Waals surface area contributed by atoms with E-state index in [-0.39, 0.29) is 119 Å². The first-order chi connectivity index (χ1) is 36.4. The number of nitrogens with two attached hydrogens (primary N) is 1. The maximum absolute atomic E-state index is 16.5. The molecule has 5 N–H and O–H groups in total. The fourth-order valence-electron chi connectivity index (χ4n) is 13.1. The van der Waals surface area contributed by atoms with E-state index in [9.17, 15) is 24.3 Å². The summed E-state index contributed by atoms with van der Waals surface area (Å²) < 4.78 is 78.4. The Hall–Kier alpha value is -6.28. The molecule has 4 aliphatic heterocycles. The minimum Gasteiger partial charge on any atom is -0.488 e. The minimum absolute atomic E-state index is 0.00743. The van der Waals surface area contributed by atoms with Crippen LogP contribution in [-0.2, 0) is 22.2 Å². The van der Waals surface area contributed by atoms with E-state index in [0.29, 0.717) is 57.2 Å². The monoisotopic (exact) mass is 1070 g/mol. The molecule has 0 spiro atoms. The summed E-state index contributed by atoms with van der Waals surface area (Å²) in [4.78, 5) is 57.3. The van der Waals surface area contributed by atoms with E-state index in [2.05, 4.69) is 39.4 Å². The molecule has 5 aliphatic rings. The molecule has 5 atom stereocenters. The molecular formula is C56H63ClF4N8O7. The molecule has 404 valence electrons. The first-order valence-electron chi connectivity index (χ1n) is 26.3. The number of nitrogens with zero attached hydrogens (tertiary/aromatic N) is 5. The number of aryl methyl sites for hydroxylation is 1. The van der Waals surface area contributed by atoms with Gasteiger partial charge in [0.05, 0.1) is 22.6 Å². The highest BCUT2D eigenvalue weighted by molar-refractivity contribution is 6.34. The van der Waals surface area contributed by atoms with E-state index >= 15 is 17.6 Å². The van der Waals surface area contributed by atoms with Gasteiger partial charge in [-0.3, -0.25) is 29.3 Å². The van der Waals surface area contributed by atoms with Crippen LogP contribution >= 0.6 is 11.6 Å². The summed E-state index contributed by atoms with van der Waals surface area (Å²) in [6.45, 7) is 7.07. The normalized spacial score (nSPS) is 25.4. The van der Waals surface area contributed by atoms with Gasteiger partial charge in [0.25, 0.3) is 0 Å². The minimum atomic E-state index is -1.15. The number of aliphatic hydroxyl groups is 1. The van der Waals surface area contributed by atoms with Crippen LogP contribution in [0.2, 0.25) is 5.02 Å². The smallest absolute Gasteiger partial charge is 0.329 e. The van der Waals surface area contributed by atoms with Crippen LogP contribution in [0.15, 0.2) is 54.6 Å². The van der Waals surface area contributed by atoms with Crippen LogP contribution in [0, 0.1) is 29.2 Å². The van der Waals surface area contributed by atoms with Gasteiger partial charge in [0.15, 0.2) is 28.8 Å². The largest absolute Gasteiger partial charge is 0.488 e. The number of amides is 5. The highest BCUT2D eigenvalue weighted by atomic mass is 35.5. The Labute approximate surface area is 443 Å². The quantitative estimate of drug-likeness (QED) is 0.0834. The number of halogens is 5. The lowest BCUT2D eigenvalue weighted by molar-refractivity contribution is -0.144. The summed E-state index contributed by atoms with van der Waals surface area (Å²) >= 11 is 6.73. The Morgan fingerprint density at radius 2 is 1.61 bits per heavy atom. The second kappa shape index (κ2) is 21.3. The van der Waals surface area contributed by atoms with Crippen molar-refractivity contribution in [3.8, 4) is 22.6 Å². The molecule has 5 aromatic rings. The van der Waals surface area contributed by atoms with Crippen LogP contribution in [0.5, 0.6) is 11.5 Å². The zero-order valence-corrected chi connectivity index (χ0v) is 43.7. The number of primary amides is 1. The summed E-state index contributed by atoms with van der Waals surface area (Å²) in [5, 5.41) is 19.5. The molecule has 3 saturated heterocycles. The van der Waals surface area contributed by atoms with Gasteiger partial charge in [-0.15, -0.1) is 0 Å². The van der Waals surface area contributed by atoms with Gasteiger partial charge in [-0.2, -0.15) is 5.10 Å². The number of fused-ring (bicyclic) bond motifs is 2. The highest BCUT2D eigenvalue weighted by Crippen LogP contribution is 2.57. The van der Waals surface area contributed by atoms with Crippen LogP contribution in [-0.4, -0.2) is 112 Å². The molecule has 1 aromatic heterocycles. The first kappa shape index (κ1) is 53.1. The summed E-state index contributed by atoms with van der Waals surface area (Å²) in [6, 6.07) is 13.9. The molecule has 5 heterocycles. The molecule has 4 aromatic carbocycles. The van der Waals surface area contributed by atoms with Gasteiger partial charge in [0.1, 0.15) is 29.5 Å². The van der Waals surface area contributed by atoms with Gasteiger partial charge in [-0.05, 0) is 108 Å². The summed E-state index contributed by atoms with van der Waals surface area (Å²) in [6.07, 6.45) is 5.46. The molecule has 20 heteroatoms. The number of nitrogens with one attached hydrogen (secondary N) is 2. The highest BCUT2D eigenvalue weighted by Gasteiger charge is 2.51. The zero-order chi connectivity index (χ0) is 53.9. The lowest BCUT2D eigenvalue weighted by atomic mass is 9.77. The maximum Gasteiger partial charge on any atom is 0.329 e. The predicted octanol–water partition coefficient (Wildman–Crippen LogP) is 8.55. The number of urea groups is 1. The number of anilines is 1. The van der Waals surface area contributed by atoms with Crippen molar-refractivity contribution in [1.82, 2.24) is 30.2 Å². The number of aromatic nitrogens is 2. The SMILES string of the molecule is C[C@@H]1CC(N2CCC(c3c(F)cc4c(N5CCC(=O)NC5=O)nn(C)c4c3F)CC2)C[C@H](C)N1C(=O)C1CCC(NC[C@]2(c3ccccc3)Oc3cc(F)c(Cl)c(-c4c(C(N)=O)ccc(OCCO)c4F)c3[C@@H]2C)CC1. The van der Waals surface area contributed by atoms with Gasteiger partial charge in [0, 0.05) is 90.9 Å². The Bertz CT molecular complexity index is 3080. The summed E-state index contributed by atoms with van der Waals surface area (Å²) in [5.41, 5.74) is 5.27. The average molecular weight is 1070 g/mol. The van der Waals surface area contributed by atoms with Crippen LogP contribution in [0.25, 0.3) is 22.0 Å². The number of ether oxygens (including phenoxy) is 2. The third kappa shape index (κ3) is 9.44. The number of carbonyl (C=O) groups excluding carboxylic acids is 4. The van der Waals surface area contributed by atoms with Gasteiger partial charge >= 0.3 is 6.03 Å². The van der Waals surface area contributed by atoms with Gasteiger partial charge in [-0.25, -0.2) is 22.4 Å². The van der Waals surface area contributed by atoms with Crippen molar-refractivity contribution in [3.63, 3.8) is 0 Å². The zero-order valence-electron chi connectivity index (χ0n) is 42.9. The third-order valence-corrected chi connectivity index (χ3v) is 17.2. The molecule has 4 fully saturated rings. The molecule has 1 unspecified atom stereocenters. The molecule has 10 rings (SSSR count). The fourth-order valence-corrected chi connectivity index (χ4v) is 13.3. The van der Waals surface area contributed by atoms with Crippen molar-refractivity contribution in [2.24, 2.45) is 18.7 Å². The molecule has 0 bridgehead atoms. The van der Waals surface area contributed by atoms with E-state index in [1.54, 1.807) is 7.05 Å². The number of hydrogen-bond acceptors (Lipinski definition) is 10. The molecule has 15 nitrogen and oxygen atoms in total. The van der Waals surface area contributed by atoms with E-state index in [1.807, 2.05) is 37.3 Å². The summed E-state index contributed by atoms with van der Waals surface area (Å²) in [7, 11) is 1.56. The second-order valence-corrected chi connectivity index (χ2v) is 21.6. The third-order valence-electron chi connectivity index (χ3n) is 16.8. The maximum atomic E-state index is 16.5. The average Bonchev–Trinajstić information content (AvgIpc) is 3.87. The van der Waals surface area contributed by atoms with Crippen LogP contribution < -0.4 is 30.7 Å². The van der Waals surface area contributed by atoms with Gasteiger partial charge in [-0.1, -0.05) is 48.9 Å². The number of imide groups is 1. The van der Waals surface area contributed by atoms with Crippen molar-refractivity contribution in [2.75, 3.05) is 44.3 Å². The fraction of sp³-hybridized carbons (Fsp3) is 0.482. The Morgan fingerprint density at radius 3 is 2.26 bits per heavy atom. The number of aliphatic hydroxyl groups excluding tert-OH is 1. The lowest BCUT2D eigenvalue weighted by Crippen LogP contribution is -2.57. The van der Waals surface area contributed by atoms with E-state index in [0.717, 1.165) is 18.4 Å². The molecule has 0 radical (unpaired) electrons. The van der Waals surface area contributed by atoms with Crippen molar-refractivity contribution in [1.29, 1.82) is 0 Å². The van der Waals surface area contributed by atoms with Gasteiger partial charge < -0.3 is 35.4 Å². The predicted molar refractivity (Wildman–Crippen MR) is 277 cm³/mol. The van der Waals surface area contributed by atoms with Crippen LogP contribution in [0.3, 0.4) is 0 Å². The van der Waals surface area contributed by atoms with E-state index < -0.39 is 64.3 Å². The van der Waals surface area contributed by atoms with Crippen molar-refractivity contribution >= 4 is 52.1 Å². The second-order valence-electron chi connectivity index (χ2n) is 21.3. The Balaban J connectivity index is 0.780. The van der Waals surface area contributed by atoms with E-state index in [4.69, 9.17) is 26.8 Å². The topological polar surface area (TPSA) is 185 Å². The number of benzene rings is 4. The van der Waals surface area contributed by atoms with E-state index in [1.165, 1.54) is 33.8 Å². The Morgan fingerprint density at radius 1 is 0.908 bits per heavy atom. The molecule has 1 aliphatic carbocycles. The number of likely N-dealkylation sites (tertiary alicyclic amines) is 2. The van der Waals surface area contributed by atoms with Crippen LogP contribution in [0.1, 0.15) is 117 Å².